The Morgan fingerprint density at radius 2 is 1.73 bits per heavy atom. The third kappa shape index (κ3) is 0.943. The third-order valence-electron chi connectivity index (χ3n) is 3.13. The number of carbonyl (C=O) groups is 1. The quantitative estimate of drug-likeness (QED) is 0.484. The van der Waals surface area contributed by atoms with Gasteiger partial charge in [-0.25, -0.2) is 0 Å². The van der Waals surface area contributed by atoms with Gasteiger partial charge in [-0.05, 0) is 44.1 Å². The van der Waals surface area contributed by atoms with E-state index in [9.17, 15) is 4.79 Å². The van der Waals surface area contributed by atoms with Gasteiger partial charge in [0.2, 0.25) is 0 Å². The van der Waals surface area contributed by atoms with Crippen molar-refractivity contribution in [3.63, 3.8) is 0 Å². The molecule has 1 heteroatoms. The molecule has 0 atom stereocenters. The van der Waals surface area contributed by atoms with Gasteiger partial charge in [0.05, 0.1) is 0 Å². The molecule has 0 N–H and O–H groups in total. The van der Waals surface area contributed by atoms with Crippen molar-refractivity contribution in [3.8, 4) is 0 Å². The van der Waals surface area contributed by atoms with Crippen LogP contribution >= 0.6 is 0 Å². The van der Waals surface area contributed by atoms with Crippen molar-refractivity contribution in [3.05, 3.63) is 11.6 Å². The molecule has 0 aliphatic heterocycles. The number of fused-ring (bicyclic) bond motifs is 3. The van der Waals surface area contributed by atoms with Crippen molar-refractivity contribution in [1.29, 1.82) is 0 Å². The van der Waals surface area contributed by atoms with Crippen molar-refractivity contribution >= 4 is 5.78 Å². The van der Waals surface area contributed by atoms with E-state index in [1.54, 1.807) is 0 Å². The second-order valence-electron chi connectivity index (χ2n) is 3.66. The van der Waals surface area contributed by atoms with Gasteiger partial charge >= 0.3 is 0 Å². The minimum absolute atomic E-state index is 0.395. The molecule has 1 nitrogen and oxygen atoms in total. The number of ketones is 1. The van der Waals surface area contributed by atoms with Crippen LogP contribution in [0.4, 0.5) is 0 Å². The molecule has 60 valence electrons. The molecule has 11 heavy (non-hydrogen) atoms. The molecule has 3 aliphatic carbocycles. The number of allylic oxidation sites excluding steroid dienone is 2. The zero-order valence-electron chi connectivity index (χ0n) is 6.97. The molecule has 0 aromatic carbocycles. The lowest BCUT2D eigenvalue weighted by molar-refractivity contribution is -0.123. The molecule has 3 fully saturated rings. The maximum atomic E-state index is 11.5. The average molecular weight is 150 g/mol. The Morgan fingerprint density at radius 3 is 2.09 bits per heavy atom. The Bertz CT molecular complexity index is 207. The maximum Gasteiger partial charge on any atom is 0.161 e. The highest BCUT2D eigenvalue weighted by molar-refractivity contribution is 5.99. The van der Waals surface area contributed by atoms with E-state index in [-0.39, 0.29) is 0 Å². The predicted molar refractivity (Wildman–Crippen MR) is 44.2 cm³/mol. The van der Waals surface area contributed by atoms with Gasteiger partial charge in [0.1, 0.15) is 0 Å². The van der Waals surface area contributed by atoms with Crippen molar-refractivity contribution in [2.45, 2.75) is 32.6 Å². The molecule has 0 heterocycles. The van der Waals surface area contributed by atoms with E-state index in [2.05, 4.69) is 0 Å². The first-order valence-corrected chi connectivity index (χ1v) is 4.53. The van der Waals surface area contributed by atoms with Crippen LogP contribution in [0.3, 0.4) is 0 Å². The van der Waals surface area contributed by atoms with Crippen LogP contribution in [0.5, 0.6) is 0 Å². The highest BCUT2D eigenvalue weighted by Crippen LogP contribution is 2.41. The first-order valence-electron chi connectivity index (χ1n) is 4.53. The molecule has 3 rings (SSSR count). The van der Waals surface area contributed by atoms with Crippen LogP contribution in [0.1, 0.15) is 32.6 Å². The lowest BCUT2D eigenvalue weighted by Crippen LogP contribution is -2.33. The van der Waals surface area contributed by atoms with Gasteiger partial charge in [-0.2, -0.15) is 0 Å². The summed E-state index contributed by atoms with van der Waals surface area (Å²) in [6, 6.07) is 0. The molecule has 3 aliphatic rings. The second kappa shape index (κ2) is 2.47. The molecule has 0 aromatic heterocycles. The molecule has 3 saturated carbocycles. The van der Waals surface area contributed by atoms with Crippen LogP contribution in [0, 0.1) is 11.8 Å². The fraction of sp³-hybridized carbons (Fsp3) is 0.700. The lowest BCUT2D eigenvalue weighted by atomic mass is 9.67. The topological polar surface area (TPSA) is 17.1 Å². The maximum absolute atomic E-state index is 11.5. The van der Waals surface area contributed by atoms with Crippen molar-refractivity contribution in [2.24, 2.45) is 11.8 Å². The number of hydrogen-bond acceptors (Lipinski definition) is 1. The molecule has 0 unspecified atom stereocenters. The summed E-state index contributed by atoms with van der Waals surface area (Å²) in [4.78, 5) is 11.5. The predicted octanol–water partition coefficient (Wildman–Crippen LogP) is 2.32. The third-order valence-corrected chi connectivity index (χ3v) is 3.13. The molecule has 0 radical (unpaired) electrons. The smallest absolute Gasteiger partial charge is 0.161 e. The Balaban J connectivity index is 2.30. The van der Waals surface area contributed by atoms with Gasteiger partial charge in [0.25, 0.3) is 0 Å². The van der Waals surface area contributed by atoms with Crippen molar-refractivity contribution in [1.82, 2.24) is 0 Å². The van der Waals surface area contributed by atoms with Gasteiger partial charge in [0.15, 0.2) is 5.78 Å². The van der Waals surface area contributed by atoms with E-state index in [0.717, 1.165) is 18.4 Å². The van der Waals surface area contributed by atoms with Gasteiger partial charge in [-0.3, -0.25) is 4.79 Å². The summed E-state index contributed by atoms with van der Waals surface area (Å²) in [5.74, 6) is 1.47. The molecular weight excluding hydrogens is 136 g/mol. The van der Waals surface area contributed by atoms with Crippen LogP contribution in [0.15, 0.2) is 11.6 Å². The van der Waals surface area contributed by atoms with Gasteiger partial charge < -0.3 is 0 Å². The number of rotatable bonds is 0. The van der Waals surface area contributed by atoms with Gasteiger partial charge in [-0.1, -0.05) is 6.08 Å². The van der Waals surface area contributed by atoms with E-state index in [4.69, 9.17) is 0 Å². The average Bonchev–Trinajstić information content (AvgIpc) is 2.06. The number of carbonyl (C=O) groups excluding carboxylic acids is 1. The zero-order chi connectivity index (χ0) is 7.84. The van der Waals surface area contributed by atoms with E-state index in [0.29, 0.717) is 17.6 Å². The first kappa shape index (κ1) is 7.08. The SMILES string of the molecule is C/C=C1\C(=O)C2CCC1CC2. The standard InChI is InChI=1S/C10H14O/c1-2-9-7-3-5-8(6-4-7)10(9)11/h2,7-8H,3-6H2,1H3/b9-2-. The van der Waals surface area contributed by atoms with Gasteiger partial charge in [-0.15, -0.1) is 0 Å². The zero-order valence-corrected chi connectivity index (χ0v) is 6.97. The second-order valence-corrected chi connectivity index (χ2v) is 3.66. The highest BCUT2D eigenvalue weighted by atomic mass is 16.1. The van der Waals surface area contributed by atoms with E-state index in [1.807, 2.05) is 13.0 Å². The Labute approximate surface area is 67.5 Å². The fourth-order valence-corrected chi connectivity index (χ4v) is 2.48. The normalized spacial score (nSPS) is 40.1. The minimum Gasteiger partial charge on any atom is -0.294 e. The van der Waals surface area contributed by atoms with Crippen LogP contribution in [-0.4, -0.2) is 5.78 Å². The summed E-state index contributed by atoms with van der Waals surface area (Å²) < 4.78 is 0. The van der Waals surface area contributed by atoms with E-state index in [1.165, 1.54) is 12.8 Å². The summed E-state index contributed by atoms with van der Waals surface area (Å²) in [6.45, 7) is 1.99. The van der Waals surface area contributed by atoms with Crippen LogP contribution in [-0.2, 0) is 4.79 Å². The Hall–Kier alpha value is -0.590. The summed E-state index contributed by atoms with van der Waals surface area (Å²) in [6.07, 6.45) is 6.85. The molecule has 0 amide bonds. The number of Topliss-reactive ketones (excluding diaryl/α,β-unsaturated/α-hetero) is 1. The molecule has 0 spiro atoms. The molecule has 2 bridgehead atoms. The summed E-state index contributed by atoms with van der Waals surface area (Å²) in [5.41, 5.74) is 1.13. The van der Waals surface area contributed by atoms with Crippen molar-refractivity contribution < 1.29 is 4.79 Å². The molecule has 0 saturated heterocycles. The molecule has 0 aromatic rings. The van der Waals surface area contributed by atoms with Crippen LogP contribution in [0.2, 0.25) is 0 Å². The van der Waals surface area contributed by atoms with Gasteiger partial charge in [0, 0.05) is 5.92 Å². The number of hydrogen-bond donors (Lipinski definition) is 0. The van der Waals surface area contributed by atoms with Crippen LogP contribution in [0.25, 0.3) is 0 Å². The van der Waals surface area contributed by atoms with E-state index < -0.39 is 0 Å². The van der Waals surface area contributed by atoms with E-state index >= 15 is 0 Å². The first-order chi connectivity index (χ1) is 5.33. The fourth-order valence-electron chi connectivity index (χ4n) is 2.48. The summed E-state index contributed by atoms with van der Waals surface area (Å²) in [7, 11) is 0. The van der Waals surface area contributed by atoms with Crippen molar-refractivity contribution in [2.75, 3.05) is 0 Å². The Morgan fingerprint density at radius 1 is 1.18 bits per heavy atom. The lowest BCUT2D eigenvalue weighted by Gasteiger charge is -2.36. The summed E-state index contributed by atoms with van der Waals surface area (Å²) >= 11 is 0. The van der Waals surface area contributed by atoms with Crippen LogP contribution < -0.4 is 0 Å². The monoisotopic (exact) mass is 150 g/mol. The largest absolute Gasteiger partial charge is 0.294 e. The summed E-state index contributed by atoms with van der Waals surface area (Å²) in [5, 5.41) is 0. The minimum atomic E-state index is 0.395. The Kier molecular flexibility index (Phi) is 1.59. The molecular formula is C10H14O. The highest BCUT2D eigenvalue weighted by Gasteiger charge is 2.37.